The van der Waals surface area contributed by atoms with E-state index in [2.05, 4.69) is 21.0 Å². The lowest BCUT2D eigenvalue weighted by Gasteiger charge is -2.27. The Labute approximate surface area is 139 Å². The minimum Gasteiger partial charge on any atom is -0.406 e. The number of hydrogen-bond acceptors (Lipinski definition) is 2. The van der Waals surface area contributed by atoms with Gasteiger partial charge >= 0.3 is 6.36 Å². The van der Waals surface area contributed by atoms with Crippen LogP contribution >= 0.6 is 0 Å². The SMILES string of the molecule is FC(F)(F)Oc1ccc(-c2ccccc2CN2CC[N]CC2)cc1. The van der Waals surface area contributed by atoms with Crippen molar-refractivity contribution in [2.45, 2.75) is 12.9 Å². The van der Waals surface area contributed by atoms with Crippen molar-refractivity contribution < 1.29 is 17.9 Å². The molecule has 1 saturated heterocycles. The van der Waals surface area contributed by atoms with Crippen LogP contribution in [-0.4, -0.2) is 37.4 Å². The molecule has 0 spiro atoms. The van der Waals surface area contributed by atoms with E-state index in [0.717, 1.165) is 49.4 Å². The van der Waals surface area contributed by atoms with Crippen LogP contribution in [0.25, 0.3) is 11.1 Å². The van der Waals surface area contributed by atoms with Crippen molar-refractivity contribution >= 4 is 0 Å². The second-order valence-corrected chi connectivity index (χ2v) is 5.68. The van der Waals surface area contributed by atoms with Gasteiger partial charge in [-0.3, -0.25) is 4.90 Å². The Balaban J connectivity index is 1.78. The molecule has 3 rings (SSSR count). The number of rotatable bonds is 4. The molecule has 2 aromatic rings. The highest BCUT2D eigenvalue weighted by Crippen LogP contribution is 2.29. The average molecular weight is 335 g/mol. The van der Waals surface area contributed by atoms with Crippen molar-refractivity contribution in [2.24, 2.45) is 0 Å². The van der Waals surface area contributed by atoms with Crippen molar-refractivity contribution in [1.29, 1.82) is 0 Å². The molecule has 0 saturated carbocycles. The Morgan fingerprint density at radius 2 is 1.62 bits per heavy atom. The van der Waals surface area contributed by atoms with Crippen LogP contribution in [0.15, 0.2) is 48.5 Å². The minimum absolute atomic E-state index is 0.207. The van der Waals surface area contributed by atoms with Gasteiger partial charge in [0, 0.05) is 32.7 Å². The number of alkyl halides is 3. The topological polar surface area (TPSA) is 26.6 Å². The summed E-state index contributed by atoms with van der Waals surface area (Å²) in [6.07, 6.45) is -4.67. The standard InChI is InChI=1S/C18H18F3N2O/c19-18(20,21)24-16-7-5-14(6-8-16)17-4-2-1-3-15(17)13-23-11-9-22-10-12-23/h1-8H,9-13H2. The highest BCUT2D eigenvalue weighted by Gasteiger charge is 2.31. The van der Waals surface area contributed by atoms with Crippen molar-refractivity contribution in [3.05, 3.63) is 54.1 Å². The van der Waals surface area contributed by atoms with Gasteiger partial charge in [0.15, 0.2) is 0 Å². The monoisotopic (exact) mass is 335 g/mol. The summed E-state index contributed by atoms with van der Waals surface area (Å²) in [4.78, 5) is 2.34. The van der Waals surface area contributed by atoms with Gasteiger partial charge in [0.1, 0.15) is 5.75 Å². The van der Waals surface area contributed by atoms with Gasteiger partial charge < -0.3 is 4.74 Å². The van der Waals surface area contributed by atoms with Crippen molar-refractivity contribution in [1.82, 2.24) is 10.2 Å². The smallest absolute Gasteiger partial charge is 0.406 e. The number of piperazine rings is 1. The average Bonchev–Trinajstić information content (AvgIpc) is 2.56. The molecule has 0 aliphatic carbocycles. The quantitative estimate of drug-likeness (QED) is 0.852. The van der Waals surface area contributed by atoms with Crippen LogP contribution < -0.4 is 10.1 Å². The molecule has 0 amide bonds. The molecule has 0 atom stereocenters. The van der Waals surface area contributed by atoms with E-state index < -0.39 is 6.36 Å². The van der Waals surface area contributed by atoms with E-state index in [1.807, 2.05) is 18.2 Å². The lowest BCUT2D eigenvalue weighted by molar-refractivity contribution is -0.274. The summed E-state index contributed by atoms with van der Waals surface area (Å²) in [7, 11) is 0. The summed E-state index contributed by atoms with van der Waals surface area (Å²) in [5.74, 6) is -0.207. The molecule has 0 unspecified atom stereocenters. The second kappa shape index (κ2) is 7.23. The van der Waals surface area contributed by atoms with Gasteiger partial charge in [-0.05, 0) is 28.8 Å². The zero-order valence-corrected chi connectivity index (χ0v) is 13.1. The van der Waals surface area contributed by atoms with Crippen LogP contribution in [0, 0.1) is 0 Å². The highest BCUT2D eigenvalue weighted by molar-refractivity contribution is 5.68. The normalized spacial score (nSPS) is 16.1. The Kier molecular flexibility index (Phi) is 5.06. The predicted octanol–water partition coefficient (Wildman–Crippen LogP) is 3.67. The van der Waals surface area contributed by atoms with Crippen LogP contribution in [0.5, 0.6) is 5.75 Å². The van der Waals surface area contributed by atoms with E-state index in [4.69, 9.17) is 0 Å². The molecule has 24 heavy (non-hydrogen) atoms. The molecule has 0 N–H and O–H groups in total. The third-order valence-electron chi connectivity index (χ3n) is 3.96. The van der Waals surface area contributed by atoms with Gasteiger partial charge in [0.25, 0.3) is 0 Å². The summed E-state index contributed by atoms with van der Waals surface area (Å²) in [5, 5.41) is 4.34. The van der Waals surface area contributed by atoms with Crippen LogP contribution in [0.4, 0.5) is 13.2 Å². The molecule has 1 heterocycles. The van der Waals surface area contributed by atoms with Gasteiger partial charge in [-0.2, -0.15) is 0 Å². The first-order valence-electron chi connectivity index (χ1n) is 7.81. The van der Waals surface area contributed by atoms with E-state index in [0.29, 0.717) is 0 Å². The van der Waals surface area contributed by atoms with E-state index in [-0.39, 0.29) is 5.75 Å². The molecular weight excluding hydrogens is 317 g/mol. The Bertz CT molecular complexity index is 665. The molecule has 1 fully saturated rings. The number of hydrogen-bond donors (Lipinski definition) is 0. The lowest BCUT2D eigenvalue weighted by atomic mass is 9.99. The zero-order valence-electron chi connectivity index (χ0n) is 13.1. The number of halogens is 3. The zero-order chi connectivity index (χ0) is 17.0. The fourth-order valence-corrected chi connectivity index (χ4v) is 2.82. The molecule has 127 valence electrons. The van der Waals surface area contributed by atoms with Gasteiger partial charge in [-0.25, -0.2) is 5.32 Å². The molecule has 0 bridgehead atoms. The lowest BCUT2D eigenvalue weighted by Crippen LogP contribution is -2.39. The maximum Gasteiger partial charge on any atom is 0.573 e. The molecule has 1 aliphatic heterocycles. The molecule has 3 nitrogen and oxygen atoms in total. The first-order chi connectivity index (χ1) is 11.5. The first-order valence-corrected chi connectivity index (χ1v) is 7.81. The fraction of sp³-hybridized carbons (Fsp3) is 0.333. The molecule has 6 heteroatoms. The Morgan fingerprint density at radius 1 is 0.958 bits per heavy atom. The van der Waals surface area contributed by atoms with E-state index in [1.54, 1.807) is 12.1 Å². The Morgan fingerprint density at radius 3 is 2.29 bits per heavy atom. The van der Waals surface area contributed by atoms with Gasteiger partial charge in [-0.1, -0.05) is 36.4 Å². The molecule has 1 aliphatic rings. The van der Waals surface area contributed by atoms with E-state index in [9.17, 15) is 13.2 Å². The van der Waals surface area contributed by atoms with Crippen molar-refractivity contribution in [3.63, 3.8) is 0 Å². The summed E-state index contributed by atoms with van der Waals surface area (Å²) in [6.45, 7) is 4.39. The summed E-state index contributed by atoms with van der Waals surface area (Å²) >= 11 is 0. The molecule has 2 aromatic carbocycles. The van der Waals surface area contributed by atoms with Crippen LogP contribution in [0.2, 0.25) is 0 Å². The highest BCUT2D eigenvalue weighted by atomic mass is 19.4. The van der Waals surface area contributed by atoms with Crippen LogP contribution in [0.1, 0.15) is 5.56 Å². The Hall–Kier alpha value is -2.05. The summed E-state index contributed by atoms with van der Waals surface area (Å²) in [6, 6.07) is 14.0. The maximum atomic E-state index is 12.3. The van der Waals surface area contributed by atoms with Crippen LogP contribution in [-0.2, 0) is 6.54 Å². The second-order valence-electron chi connectivity index (χ2n) is 5.68. The predicted molar refractivity (Wildman–Crippen MR) is 85.7 cm³/mol. The summed E-state index contributed by atoms with van der Waals surface area (Å²) < 4.78 is 40.7. The van der Waals surface area contributed by atoms with Gasteiger partial charge in [-0.15, -0.1) is 13.2 Å². The van der Waals surface area contributed by atoms with E-state index >= 15 is 0 Å². The molecular formula is C18H18F3N2O. The molecule has 0 aromatic heterocycles. The fourth-order valence-electron chi connectivity index (χ4n) is 2.82. The largest absolute Gasteiger partial charge is 0.573 e. The number of ether oxygens (including phenoxy) is 1. The number of benzene rings is 2. The third kappa shape index (κ3) is 4.49. The number of nitrogens with zero attached hydrogens (tertiary/aromatic N) is 2. The maximum absolute atomic E-state index is 12.3. The van der Waals surface area contributed by atoms with Gasteiger partial charge in [0.05, 0.1) is 0 Å². The third-order valence-corrected chi connectivity index (χ3v) is 3.96. The first kappa shape index (κ1) is 16.8. The van der Waals surface area contributed by atoms with E-state index in [1.165, 1.54) is 12.1 Å². The van der Waals surface area contributed by atoms with Crippen molar-refractivity contribution in [3.8, 4) is 16.9 Å². The molecule has 1 radical (unpaired) electrons. The van der Waals surface area contributed by atoms with Crippen molar-refractivity contribution in [2.75, 3.05) is 26.2 Å². The van der Waals surface area contributed by atoms with Crippen LogP contribution in [0.3, 0.4) is 0 Å². The minimum atomic E-state index is -4.67. The van der Waals surface area contributed by atoms with Gasteiger partial charge in [0.2, 0.25) is 0 Å². The summed E-state index contributed by atoms with van der Waals surface area (Å²) in [5.41, 5.74) is 3.06.